The first-order chi connectivity index (χ1) is 12.9. The van der Waals surface area contributed by atoms with E-state index in [1.54, 1.807) is 13.8 Å². The van der Waals surface area contributed by atoms with Gasteiger partial charge in [0.15, 0.2) is 6.04 Å². The molecule has 28 heavy (non-hydrogen) atoms. The maximum absolute atomic E-state index is 12.7. The summed E-state index contributed by atoms with van der Waals surface area (Å²) < 4.78 is 0. The van der Waals surface area contributed by atoms with E-state index in [0.29, 0.717) is 5.75 Å². The molecule has 0 spiro atoms. The Morgan fingerprint density at radius 1 is 0.929 bits per heavy atom. The van der Waals surface area contributed by atoms with Gasteiger partial charge >= 0.3 is 5.97 Å². The SMILES string of the molecule is CSCCC(NC(=O)C(NC(=O)C(C)N)C(C)C)C(=O)NC(C(=O)O)C(C)O. The molecule has 0 aliphatic heterocycles. The molecule has 0 saturated heterocycles. The highest BCUT2D eigenvalue weighted by molar-refractivity contribution is 7.98. The second kappa shape index (κ2) is 12.6. The number of hydrogen-bond acceptors (Lipinski definition) is 7. The Labute approximate surface area is 169 Å². The van der Waals surface area contributed by atoms with Crippen LogP contribution >= 0.6 is 11.8 Å². The largest absolute Gasteiger partial charge is 0.480 e. The van der Waals surface area contributed by atoms with Crippen LogP contribution in [0.25, 0.3) is 0 Å². The third-order valence-electron chi connectivity index (χ3n) is 3.95. The molecule has 0 fully saturated rings. The zero-order chi connectivity index (χ0) is 22.0. The molecule has 0 aromatic rings. The summed E-state index contributed by atoms with van der Waals surface area (Å²) in [4.78, 5) is 48.2. The Morgan fingerprint density at radius 3 is 1.86 bits per heavy atom. The Kier molecular flexibility index (Phi) is 11.7. The third-order valence-corrected chi connectivity index (χ3v) is 4.59. The predicted octanol–water partition coefficient (Wildman–Crippen LogP) is -1.34. The quantitative estimate of drug-likeness (QED) is 0.225. The number of carboxylic acid groups (broad SMARTS) is 1. The highest BCUT2D eigenvalue weighted by Crippen LogP contribution is 2.07. The van der Waals surface area contributed by atoms with Gasteiger partial charge in [-0.15, -0.1) is 0 Å². The lowest BCUT2D eigenvalue weighted by molar-refractivity contribution is -0.145. The smallest absolute Gasteiger partial charge is 0.328 e. The van der Waals surface area contributed by atoms with Crippen LogP contribution in [0.1, 0.15) is 34.1 Å². The lowest BCUT2D eigenvalue weighted by Gasteiger charge is -2.27. The minimum atomic E-state index is -1.50. The molecule has 0 bridgehead atoms. The van der Waals surface area contributed by atoms with E-state index in [-0.39, 0.29) is 12.3 Å². The van der Waals surface area contributed by atoms with Crippen molar-refractivity contribution in [3.05, 3.63) is 0 Å². The summed E-state index contributed by atoms with van der Waals surface area (Å²) in [5.74, 6) is -2.92. The molecule has 0 aliphatic rings. The Morgan fingerprint density at radius 2 is 1.46 bits per heavy atom. The molecule has 0 saturated carbocycles. The summed E-state index contributed by atoms with van der Waals surface area (Å²) >= 11 is 1.45. The fourth-order valence-corrected chi connectivity index (χ4v) is 2.70. The summed E-state index contributed by atoms with van der Waals surface area (Å²) in [6.45, 7) is 6.20. The van der Waals surface area contributed by atoms with E-state index >= 15 is 0 Å². The molecular formula is C17H32N4O6S. The van der Waals surface area contributed by atoms with Gasteiger partial charge in [0.2, 0.25) is 17.7 Å². The molecule has 0 heterocycles. The highest BCUT2D eigenvalue weighted by atomic mass is 32.2. The number of thioether (sulfide) groups is 1. The molecule has 0 aliphatic carbocycles. The van der Waals surface area contributed by atoms with E-state index in [0.717, 1.165) is 0 Å². The lowest BCUT2D eigenvalue weighted by Crippen LogP contribution is -2.59. The Hall–Kier alpha value is -1.85. The molecule has 11 heteroatoms. The van der Waals surface area contributed by atoms with Crippen LogP contribution in [-0.2, 0) is 19.2 Å². The summed E-state index contributed by atoms with van der Waals surface area (Å²) in [6, 6.07) is -4.23. The topological polar surface area (TPSA) is 171 Å². The van der Waals surface area contributed by atoms with Gasteiger partial charge in [0.25, 0.3) is 0 Å². The summed E-state index contributed by atoms with van der Waals surface area (Å²) in [5.41, 5.74) is 5.52. The van der Waals surface area contributed by atoms with Crippen molar-refractivity contribution in [2.75, 3.05) is 12.0 Å². The minimum absolute atomic E-state index is 0.247. The summed E-state index contributed by atoms with van der Waals surface area (Å²) in [6.07, 6.45) is 0.760. The van der Waals surface area contributed by atoms with E-state index in [1.165, 1.54) is 25.6 Å². The number of aliphatic hydroxyl groups excluding tert-OH is 1. The molecule has 0 aromatic carbocycles. The molecule has 162 valence electrons. The van der Waals surface area contributed by atoms with E-state index in [1.807, 2.05) is 6.26 Å². The fourth-order valence-electron chi connectivity index (χ4n) is 2.23. The van der Waals surface area contributed by atoms with Gasteiger partial charge in [-0.3, -0.25) is 14.4 Å². The van der Waals surface area contributed by atoms with Crippen LogP contribution < -0.4 is 21.7 Å². The van der Waals surface area contributed by atoms with Crippen molar-refractivity contribution in [3.8, 4) is 0 Å². The normalized spacial score (nSPS) is 16.4. The van der Waals surface area contributed by atoms with E-state index in [9.17, 15) is 24.3 Å². The van der Waals surface area contributed by atoms with Crippen molar-refractivity contribution in [2.24, 2.45) is 11.7 Å². The van der Waals surface area contributed by atoms with Gasteiger partial charge in [-0.1, -0.05) is 13.8 Å². The predicted molar refractivity (Wildman–Crippen MR) is 107 cm³/mol. The first kappa shape index (κ1) is 26.1. The maximum Gasteiger partial charge on any atom is 0.328 e. The minimum Gasteiger partial charge on any atom is -0.480 e. The highest BCUT2D eigenvalue weighted by Gasteiger charge is 2.32. The molecule has 5 unspecified atom stereocenters. The van der Waals surface area contributed by atoms with Crippen molar-refractivity contribution in [3.63, 3.8) is 0 Å². The monoisotopic (exact) mass is 420 g/mol. The second-order valence-electron chi connectivity index (χ2n) is 6.93. The summed E-state index contributed by atoms with van der Waals surface area (Å²) in [7, 11) is 0. The van der Waals surface area contributed by atoms with Gasteiger partial charge in [0.05, 0.1) is 12.1 Å². The van der Waals surface area contributed by atoms with Crippen LogP contribution in [0.2, 0.25) is 0 Å². The lowest BCUT2D eigenvalue weighted by atomic mass is 10.0. The van der Waals surface area contributed by atoms with E-state index < -0.39 is 54.0 Å². The maximum atomic E-state index is 12.7. The van der Waals surface area contributed by atoms with E-state index in [2.05, 4.69) is 16.0 Å². The number of carbonyl (C=O) groups excluding carboxylic acids is 3. The molecule has 7 N–H and O–H groups in total. The van der Waals surface area contributed by atoms with Crippen LogP contribution in [-0.4, -0.2) is 76.2 Å². The van der Waals surface area contributed by atoms with E-state index in [4.69, 9.17) is 10.8 Å². The Balaban J connectivity index is 5.32. The standard InChI is InChI=1S/C17H32N4O6S/c1-8(2)12(20-14(23)9(3)18)16(25)19-11(6-7-28-5)15(24)21-13(10(4)22)17(26)27/h8-13,22H,6-7,18H2,1-5H3,(H,19,25)(H,20,23)(H,21,24)(H,26,27). The fraction of sp³-hybridized carbons (Fsp3) is 0.765. The summed E-state index contributed by atoms with van der Waals surface area (Å²) in [5, 5.41) is 26.0. The van der Waals surface area contributed by atoms with Gasteiger partial charge in [-0.25, -0.2) is 4.79 Å². The number of amides is 3. The third kappa shape index (κ3) is 8.89. The molecule has 0 rings (SSSR count). The van der Waals surface area contributed by atoms with Crippen molar-refractivity contribution < 1.29 is 29.4 Å². The molecule has 0 radical (unpaired) electrons. The number of nitrogens with one attached hydrogen (secondary N) is 3. The number of carboxylic acids is 1. The van der Waals surface area contributed by atoms with Crippen LogP contribution in [0.15, 0.2) is 0 Å². The number of aliphatic hydroxyl groups is 1. The average Bonchev–Trinajstić information content (AvgIpc) is 2.59. The molecule has 5 atom stereocenters. The van der Waals surface area contributed by atoms with Crippen molar-refractivity contribution in [1.29, 1.82) is 0 Å². The van der Waals surface area contributed by atoms with Gasteiger partial charge < -0.3 is 31.9 Å². The first-order valence-corrected chi connectivity index (χ1v) is 10.4. The molecular weight excluding hydrogens is 388 g/mol. The van der Waals surface area contributed by atoms with Gasteiger partial charge in [-0.2, -0.15) is 11.8 Å². The zero-order valence-corrected chi connectivity index (χ0v) is 17.7. The van der Waals surface area contributed by atoms with Gasteiger partial charge in [0.1, 0.15) is 12.1 Å². The van der Waals surface area contributed by atoms with Crippen LogP contribution in [0.4, 0.5) is 0 Å². The molecule has 0 aromatic heterocycles. The van der Waals surface area contributed by atoms with Crippen molar-refractivity contribution >= 4 is 35.5 Å². The number of carbonyl (C=O) groups is 4. The number of nitrogens with two attached hydrogens (primary N) is 1. The Bertz CT molecular complexity index is 556. The molecule has 3 amide bonds. The number of rotatable bonds is 12. The van der Waals surface area contributed by atoms with Gasteiger partial charge in [0, 0.05) is 0 Å². The zero-order valence-electron chi connectivity index (χ0n) is 16.9. The second-order valence-corrected chi connectivity index (χ2v) is 7.91. The van der Waals surface area contributed by atoms with Crippen LogP contribution in [0.5, 0.6) is 0 Å². The first-order valence-electron chi connectivity index (χ1n) is 8.98. The van der Waals surface area contributed by atoms with Crippen LogP contribution in [0.3, 0.4) is 0 Å². The van der Waals surface area contributed by atoms with Crippen LogP contribution in [0, 0.1) is 5.92 Å². The van der Waals surface area contributed by atoms with Gasteiger partial charge in [-0.05, 0) is 38.2 Å². The van der Waals surface area contributed by atoms with Crippen molar-refractivity contribution in [1.82, 2.24) is 16.0 Å². The number of aliphatic carboxylic acids is 1. The van der Waals surface area contributed by atoms with Crippen molar-refractivity contribution in [2.45, 2.75) is 64.4 Å². The average molecular weight is 421 g/mol. The molecule has 10 nitrogen and oxygen atoms in total. The number of hydrogen-bond donors (Lipinski definition) is 6.